The number of hydrogen-bond donors (Lipinski definition) is 0. The van der Waals surface area contributed by atoms with Gasteiger partial charge in [0.15, 0.2) is 17.5 Å². The van der Waals surface area contributed by atoms with Crippen molar-refractivity contribution in [2.75, 3.05) is 6.54 Å². The molecule has 0 unspecified atom stereocenters. The van der Waals surface area contributed by atoms with Crippen LogP contribution in [0.25, 0.3) is 11.4 Å². The number of ether oxygens (including phenoxy) is 1. The fourth-order valence-corrected chi connectivity index (χ4v) is 3.89. The van der Waals surface area contributed by atoms with Crippen LogP contribution in [0.15, 0.2) is 42.9 Å². The summed E-state index contributed by atoms with van der Waals surface area (Å²) in [5.41, 5.74) is -1.52. The summed E-state index contributed by atoms with van der Waals surface area (Å²) < 4.78 is 86.1. The van der Waals surface area contributed by atoms with Crippen molar-refractivity contribution >= 4 is 5.91 Å². The predicted molar refractivity (Wildman–Crippen MR) is 111 cm³/mol. The van der Waals surface area contributed by atoms with Crippen molar-refractivity contribution in [1.82, 2.24) is 19.9 Å². The van der Waals surface area contributed by atoms with Crippen LogP contribution in [0.5, 0.6) is 5.88 Å². The molecule has 0 bridgehead atoms. The van der Waals surface area contributed by atoms with Crippen molar-refractivity contribution in [2.24, 2.45) is 0 Å². The van der Waals surface area contributed by atoms with E-state index in [9.17, 15) is 31.1 Å². The molecule has 2 aromatic heterocycles. The van der Waals surface area contributed by atoms with Gasteiger partial charge in [0.05, 0.1) is 35.1 Å². The van der Waals surface area contributed by atoms with Crippen LogP contribution < -0.4 is 4.74 Å². The van der Waals surface area contributed by atoms with Crippen LogP contribution in [0, 0.1) is 17.5 Å². The minimum Gasteiger partial charge on any atom is -0.470 e. The van der Waals surface area contributed by atoms with Crippen LogP contribution in [0.2, 0.25) is 0 Å². The number of carbonyl (C=O) groups is 1. The monoisotopic (exact) mass is 496 g/mol. The smallest absolute Gasteiger partial charge is 0.417 e. The molecule has 0 spiro atoms. The summed E-state index contributed by atoms with van der Waals surface area (Å²) in [7, 11) is 0. The molecule has 0 saturated carbocycles. The molecule has 2 atom stereocenters. The minimum atomic E-state index is -4.76. The van der Waals surface area contributed by atoms with E-state index in [0.717, 1.165) is 18.5 Å². The Hall–Kier alpha value is -3.70. The standard InChI is InChI=1S/C23H18F6N4O2/c1-12-18(35-21-17(26)8-13(9-32-21)23(27,28)29)6-3-7-33(12)22(34)15-4-2-5-16(25)19(15)20-30-10-14(24)11-31-20/h2,4-5,8-12,18H,3,6-7H2,1H3/t12-,18+/m0/s1. The number of halogens is 6. The molecule has 0 aliphatic carbocycles. The van der Waals surface area contributed by atoms with Gasteiger partial charge in [-0.1, -0.05) is 6.07 Å². The average molecular weight is 496 g/mol. The van der Waals surface area contributed by atoms with E-state index in [4.69, 9.17) is 4.74 Å². The fraction of sp³-hybridized carbons (Fsp3) is 0.304. The van der Waals surface area contributed by atoms with Crippen molar-refractivity contribution in [2.45, 2.75) is 38.1 Å². The molecule has 1 aromatic carbocycles. The van der Waals surface area contributed by atoms with E-state index in [-0.39, 0.29) is 23.5 Å². The third kappa shape index (κ3) is 5.05. The highest BCUT2D eigenvalue weighted by molar-refractivity contribution is 6.00. The molecular weight excluding hydrogens is 478 g/mol. The van der Waals surface area contributed by atoms with Gasteiger partial charge in [-0.15, -0.1) is 0 Å². The zero-order chi connectivity index (χ0) is 25.3. The third-order valence-electron chi connectivity index (χ3n) is 5.66. The van der Waals surface area contributed by atoms with Crippen LogP contribution in [-0.2, 0) is 6.18 Å². The summed E-state index contributed by atoms with van der Waals surface area (Å²) in [6.45, 7) is 1.89. The second-order valence-corrected chi connectivity index (χ2v) is 7.93. The van der Waals surface area contributed by atoms with Crippen LogP contribution >= 0.6 is 0 Å². The first kappa shape index (κ1) is 24.4. The van der Waals surface area contributed by atoms with Gasteiger partial charge in [0, 0.05) is 12.7 Å². The number of hydrogen-bond acceptors (Lipinski definition) is 5. The normalized spacial score (nSPS) is 18.4. The van der Waals surface area contributed by atoms with Gasteiger partial charge in [-0.05, 0) is 38.0 Å². The lowest BCUT2D eigenvalue weighted by molar-refractivity contribution is -0.138. The topological polar surface area (TPSA) is 68.2 Å². The Balaban J connectivity index is 1.59. The molecule has 3 aromatic rings. The van der Waals surface area contributed by atoms with Crippen LogP contribution in [-0.4, -0.2) is 44.4 Å². The summed E-state index contributed by atoms with van der Waals surface area (Å²) in [4.78, 5) is 25.8. The molecule has 6 nitrogen and oxygen atoms in total. The quantitative estimate of drug-likeness (QED) is 0.473. The maximum absolute atomic E-state index is 14.7. The van der Waals surface area contributed by atoms with Crippen LogP contribution in [0.3, 0.4) is 0 Å². The van der Waals surface area contributed by atoms with E-state index in [1.165, 1.54) is 17.0 Å². The van der Waals surface area contributed by atoms with Gasteiger partial charge in [0.2, 0.25) is 0 Å². The Kier molecular flexibility index (Phi) is 6.64. The van der Waals surface area contributed by atoms with E-state index in [1.54, 1.807) is 6.92 Å². The molecule has 1 amide bonds. The van der Waals surface area contributed by atoms with Gasteiger partial charge >= 0.3 is 6.18 Å². The second-order valence-electron chi connectivity index (χ2n) is 7.93. The SMILES string of the molecule is C[C@H]1[C@H](Oc2ncc(C(F)(F)F)cc2F)CCCN1C(=O)c1cccc(F)c1-c1ncc(F)cn1. The largest absolute Gasteiger partial charge is 0.470 e. The number of aromatic nitrogens is 3. The van der Waals surface area contributed by atoms with E-state index >= 15 is 0 Å². The number of pyridine rings is 1. The summed E-state index contributed by atoms with van der Waals surface area (Å²) in [6.07, 6.45) is -2.57. The highest BCUT2D eigenvalue weighted by Crippen LogP contribution is 2.32. The van der Waals surface area contributed by atoms with Crippen molar-refractivity contribution in [3.63, 3.8) is 0 Å². The zero-order valence-corrected chi connectivity index (χ0v) is 18.2. The average Bonchev–Trinajstić information content (AvgIpc) is 2.81. The maximum atomic E-state index is 14.7. The molecule has 0 N–H and O–H groups in total. The number of carbonyl (C=O) groups excluding carboxylic acids is 1. The minimum absolute atomic E-state index is 0.0667. The Morgan fingerprint density at radius 1 is 1.06 bits per heavy atom. The lowest BCUT2D eigenvalue weighted by Gasteiger charge is -2.39. The molecule has 3 heterocycles. The Morgan fingerprint density at radius 3 is 2.43 bits per heavy atom. The number of amides is 1. The molecule has 1 aliphatic rings. The Labute approximate surface area is 195 Å². The van der Waals surface area contributed by atoms with E-state index in [1.807, 2.05) is 0 Å². The van der Waals surface area contributed by atoms with Gasteiger partial charge < -0.3 is 9.64 Å². The van der Waals surface area contributed by atoms with Crippen molar-refractivity contribution in [3.8, 4) is 17.3 Å². The molecule has 1 saturated heterocycles. The Morgan fingerprint density at radius 2 is 1.77 bits per heavy atom. The van der Waals surface area contributed by atoms with E-state index in [0.29, 0.717) is 25.1 Å². The van der Waals surface area contributed by atoms with Gasteiger partial charge in [0.1, 0.15) is 11.9 Å². The van der Waals surface area contributed by atoms with Gasteiger partial charge in [0.25, 0.3) is 11.8 Å². The van der Waals surface area contributed by atoms with Crippen molar-refractivity contribution < 1.29 is 35.9 Å². The lowest BCUT2D eigenvalue weighted by Crippen LogP contribution is -2.51. The van der Waals surface area contributed by atoms with Crippen LogP contribution in [0.4, 0.5) is 26.3 Å². The maximum Gasteiger partial charge on any atom is 0.417 e. The number of piperidine rings is 1. The van der Waals surface area contributed by atoms with Crippen LogP contribution in [0.1, 0.15) is 35.7 Å². The summed E-state index contributed by atoms with van der Waals surface area (Å²) >= 11 is 0. The van der Waals surface area contributed by atoms with Crippen molar-refractivity contribution in [3.05, 3.63) is 71.4 Å². The van der Waals surface area contributed by atoms with Gasteiger partial charge in [-0.3, -0.25) is 4.79 Å². The van der Waals surface area contributed by atoms with Gasteiger partial charge in [-0.25, -0.2) is 28.1 Å². The molecule has 12 heteroatoms. The number of likely N-dealkylation sites (tertiary alicyclic amines) is 1. The molecule has 1 fully saturated rings. The fourth-order valence-electron chi connectivity index (χ4n) is 3.89. The molecule has 35 heavy (non-hydrogen) atoms. The zero-order valence-electron chi connectivity index (χ0n) is 18.2. The highest BCUT2D eigenvalue weighted by atomic mass is 19.4. The first-order valence-corrected chi connectivity index (χ1v) is 10.5. The number of alkyl halides is 3. The molecular formula is C23H18F6N4O2. The molecule has 1 aliphatic heterocycles. The number of benzene rings is 1. The molecule has 4 rings (SSSR count). The Bertz CT molecular complexity index is 1240. The summed E-state index contributed by atoms with van der Waals surface area (Å²) in [6, 6.07) is 3.45. The summed E-state index contributed by atoms with van der Waals surface area (Å²) in [5, 5.41) is 0. The number of rotatable bonds is 4. The first-order chi connectivity index (χ1) is 16.6. The lowest BCUT2D eigenvalue weighted by atomic mass is 9.97. The van der Waals surface area contributed by atoms with Gasteiger partial charge in [-0.2, -0.15) is 13.2 Å². The van der Waals surface area contributed by atoms with Crippen molar-refractivity contribution in [1.29, 1.82) is 0 Å². The highest BCUT2D eigenvalue weighted by Gasteiger charge is 2.36. The second kappa shape index (κ2) is 9.51. The first-order valence-electron chi connectivity index (χ1n) is 10.5. The number of nitrogens with zero attached hydrogens (tertiary/aromatic N) is 4. The predicted octanol–water partition coefficient (Wildman–Crippen LogP) is 5.05. The van der Waals surface area contributed by atoms with E-state index < -0.39 is 53.1 Å². The molecule has 0 radical (unpaired) electrons. The summed E-state index contributed by atoms with van der Waals surface area (Å²) in [5.74, 6) is -4.18. The van der Waals surface area contributed by atoms with E-state index in [2.05, 4.69) is 15.0 Å². The third-order valence-corrected chi connectivity index (χ3v) is 5.66. The molecule has 184 valence electrons.